The van der Waals surface area contributed by atoms with E-state index in [1.807, 2.05) is 36.4 Å². The van der Waals surface area contributed by atoms with Crippen molar-refractivity contribution >= 4 is 45.2 Å². The van der Waals surface area contributed by atoms with E-state index >= 15 is 0 Å². The standard InChI is InChI=1S/C22H16BNO2/c25-23(26)16-11-13-21-20(14-16)19-12-10-15-6-4-5-9-18(15)22(19)24(21)17-7-2-1-3-8-17/h1-14,25-26H. The lowest BCUT2D eigenvalue weighted by Crippen LogP contribution is -2.29. The van der Waals surface area contributed by atoms with Gasteiger partial charge >= 0.3 is 7.12 Å². The van der Waals surface area contributed by atoms with Crippen molar-refractivity contribution < 1.29 is 10.0 Å². The van der Waals surface area contributed by atoms with Crippen LogP contribution in [0.25, 0.3) is 38.3 Å². The Morgan fingerprint density at radius 3 is 2.23 bits per heavy atom. The van der Waals surface area contributed by atoms with E-state index in [0.717, 1.165) is 27.5 Å². The van der Waals surface area contributed by atoms with Crippen molar-refractivity contribution in [3.63, 3.8) is 0 Å². The van der Waals surface area contributed by atoms with E-state index in [0.29, 0.717) is 5.46 Å². The molecule has 0 fully saturated rings. The Bertz CT molecular complexity index is 1260. The monoisotopic (exact) mass is 337 g/mol. The molecule has 0 aliphatic heterocycles. The molecule has 5 aromatic rings. The summed E-state index contributed by atoms with van der Waals surface area (Å²) in [4.78, 5) is 0. The lowest BCUT2D eigenvalue weighted by atomic mass is 9.80. The first-order chi connectivity index (χ1) is 12.7. The Labute approximate surface area is 150 Å². The Kier molecular flexibility index (Phi) is 3.35. The van der Waals surface area contributed by atoms with Gasteiger partial charge in [0, 0.05) is 21.8 Å². The Morgan fingerprint density at radius 2 is 1.42 bits per heavy atom. The Morgan fingerprint density at radius 1 is 0.654 bits per heavy atom. The highest BCUT2D eigenvalue weighted by Crippen LogP contribution is 2.36. The highest BCUT2D eigenvalue weighted by molar-refractivity contribution is 6.59. The van der Waals surface area contributed by atoms with E-state index in [1.165, 1.54) is 10.8 Å². The SMILES string of the molecule is OB(O)c1ccc2c(c1)c1ccc3ccccc3c1n2-c1ccccc1. The average Bonchev–Trinajstić information content (AvgIpc) is 3.02. The second kappa shape index (κ2) is 5.73. The van der Waals surface area contributed by atoms with Crippen LogP contribution in [0.5, 0.6) is 0 Å². The molecule has 0 spiro atoms. The topological polar surface area (TPSA) is 45.4 Å². The predicted molar refractivity (Wildman–Crippen MR) is 108 cm³/mol. The van der Waals surface area contributed by atoms with Gasteiger partial charge in [0.1, 0.15) is 0 Å². The molecule has 5 rings (SSSR count). The second-order valence-corrected chi connectivity index (χ2v) is 6.50. The van der Waals surface area contributed by atoms with Crippen molar-refractivity contribution in [2.45, 2.75) is 0 Å². The first kappa shape index (κ1) is 15.2. The first-order valence-corrected chi connectivity index (χ1v) is 8.61. The zero-order chi connectivity index (χ0) is 17.7. The Balaban J connectivity index is 2.03. The molecule has 3 nitrogen and oxygen atoms in total. The normalized spacial score (nSPS) is 11.5. The molecule has 4 aromatic carbocycles. The highest BCUT2D eigenvalue weighted by atomic mass is 16.4. The maximum atomic E-state index is 9.60. The average molecular weight is 337 g/mol. The number of para-hydroxylation sites is 1. The van der Waals surface area contributed by atoms with E-state index in [1.54, 1.807) is 6.07 Å². The number of fused-ring (bicyclic) bond motifs is 5. The summed E-state index contributed by atoms with van der Waals surface area (Å²) < 4.78 is 2.25. The van der Waals surface area contributed by atoms with Crippen LogP contribution in [0.3, 0.4) is 0 Å². The largest absolute Gasteiger partial charge is 0.488 e. The molecule has 1 heterocycles. The molecule has 4 heteroatoms. The van der Waals surface area contributed by atoms with Gasteiger partial charge in [-0.1, -0.05) is 66.7 Å². The lowest BCUT2D eigenvalue weighted by Gasteiger charge is -2.09. The molecule has 0 bridgehead atoms. The van der Waals surface area contributed by atoms with Crippen LogP contribution in [0.15, 0.2) is 84.9 Å². The highest BCUT2D eigenvalue weighted by Gasteiger charge is 2.18. The smallest absolute Gasteiger partial charge is 0.423 e. The predicted octanol–water partition coefficient (Wildman–Crippen LogP) is 3.62. The number of hydrogen-bond acceptors (Lipinski definition) is 2. The van der Waals surface area contributed by atoms with Gasteiger partial charge in [0.2, 0.25) is 0 Å². The van der Waals surface area contributed by atoms with Gasteiger partial charge in [0.15, 0.2) is 0 Å². The minimum absolute atomic E-state index is 0.498. The number of benzene rings is 4. The van der Waals surface area contributed by atoms with Crippen LogP contribution in [0.1, 0.15) is 0 Å². The van der Waals surface area contributed by atoms with Gasteiger partial charge in [-0.2, -0.15) is 0 Å². The minimum Gasteiger partial charge on any atom is -0.423 e. The van der Waals surface area contributed by atoms with Gasteiger partial charge in [-0.25, -0.2) is 0 Å². The van der Waals surface area contributed by atoms with Crippen LogP contribution in [-0.2, 0) is 0 Å². The second-order valence-electron chi connectivity index (χ2n) is 6.50. The third-order valence-electron chi connectivity index (χ3n) is 4.99. The molecular formula is C22H16BNO2. The molecule has 0 saturated heterocycles. The third kappa shape index (κ3) is 2.17. The van der Waals surface area contributed by atoms with Crippen LogP contribution in [0, 0.1) is 0 Å². The fraction of sp³-hybridized carbons (Fsp3) is 0. The fourth-order valence-corrected chi connectivity index (χ4v) is 3.80. The molecule has 0 radical (unpaired) electrons. The summed E-state index contributed by atoms with van der Waals surface area (Å²) >= 11 is 0. The molecule has 0 aliphatic rings. The zero-order valence-corrected chi connectivity index (χ0v) is 14.0. The molecule has 0 amide bonds. The molecular weight excluding hydrogens is 321 g/mol. The van der Waals surface area contributed by atoms with Gasteiger partial charge in [-0.3, -0.25) is 0 Å². The maximum Gasteiger partial charge on any atom is 0.488 e. The van der Waals surface area contributed by atoms with E-state index < -0.39 is 7.12 Å². The van der Waals surface area contributed by atoms with Crippen molar-refractivity contribution in [1.82, 2.24) is 4.57 Å². The zero-order valence-electron chi connectivity index (χ0n) is 14.0. The van der Waals surface area contributed by atoms with E-state index in [4.69, 9.17) is 0 Å². The van der Waals surface area contributed by atoms with Crippen LogP contribution >= 0.6 is 0 Å². The van der Waals surface area contributed by atoms with E-state index in [2.05, 4.69) is 47.0 Å². The number of nitrogens with zero attached hydrogens (tertiary/aromatic N) is 1. The molecule has 2 N–H and O–H groups in total. The summed E-state index contributed by atoms with van der Waals surface area (Å²) in [5.41, 5.74) is 3.76. The van der Waals surface area contributed by atoms with Crippen molar-refractivity contribution in [3.8, 4) is 5.69 Å². The maximum absolute atomic E-state index is 9.60. The quantitative estimate of drug-likeness (QED) is 0.483. The molecule has 0 atom stereocenters. The van der Waals surface area contributed by atoms with Crippen molar-refractivity contribution in [1.29, 1.82) is 0 Å². The minimum atomic E-state index is -1.48. The van der Waals surface area contributed by atoms with Crippen LogP contribution in [0.2, 0.25) is 0 Å². The lowest BCUT2D eigenvalue weighted by molar-refractivity contribution is 0.426. The van der Waals surface area contributed by atoms with Gasteiger partial charge in [-0.15, -0.1) is 0 Å². The van der Waals surface area contributed by atoms with Crippen LogP contribution in [0.4, 0.5) is 0 Å². The van der Waals surface area contributed by atoms with Crippen molar-refractivity contribution in [2.75, 3.05) is 0 Å². The van der Waals surface area contributed by atoms with Crippen LogP contribution in [-0.4, -0.2) is 21.7 Å². The third-order valence-corrected chi connectivity index (χ3v) is 4.99. The molecule has 0 aliphatic carbocycles. The van der Waals surface area contributed by atoms with Gasteiger partial charge in [0.05, 0.1) is 11.0 Å². The van der Waals surface area contributed by atoms with E-state index in [-0.39, 0.29) is 0 Å². The summed E-state index contributed by atoms with van der Waals surface area (Å²) in [5.74, 6) is 0. The van der Waals surface area contributed by atoms with Crippen molar-refractivity contribution in [2.24, 2.45) is 0 Å². The summed E-state index contributed by atoms with van der Waals surface area (Å²) in [6.07, 6.45) is 0. The Hall–Kier alpha value is -3.08. The van der Waals surface area contributed by atoms with Crippen LogP contribution < -0.4 is 5.46 Å². The molecule has 0 unspecified atom stereocenters. The van der Waals surface area contributed by atoms with Gasteiger partial charge < -0.3 is 14.6 Å². The number of rotatable bonds is 2. The number of aromatic nitrogens is 1. The van der Waals surface area contributed by atoms with Gasteiger partial charge in [0.25, 0.3) is 0 Å². The molecule has 0 saturated carbocycles. The van der Waals surface area contributed by atoms with E-state index in [9.17, 15) is 10.0 Å². The summed E-state index contributed by atoms with van der Waals surface area (Å²) in [6, 6.07) is 28.5. The molecule has 1 aromatic heterocycles. The fourth-order valence-electron chi connectivity index (χ4n) is 3.80. The number of hydrogen-bond donors (Lipinski definition) is 2. The first-order valence-electron chi connectivity index (χ1n) is 8.61. The summed E-state index contributed by atoms with van der Waals surface area (Å²) in [5, 5.41) is 23.7. The van der Waals surface area contributed by atoms with Gasteiger partial charge in [-0.05, 0) is 29.0 Å². The van der Waals surface area contributed by atoms with Crippen molar-refractivity contribution in [3.05, 3.63) is 84.9 Å². The summed E-state index contributed by atoms with van der Waals surface area (Å²) in [6.45, 7) is 0. The summed E-state index contributed by atoms with van der Waals surface area (Å²) in [7, 11) is -1.48. The molecule has 26 heavy (non-hydrogen) atoms. The molecule has 124 valence electrons.